The Balaban J connectivity index is 0.000000351. The molecule has 2 heterocycles. The maximum Gasteiger partial charge on any atom is 0.490 e. The smallest absolute Gasteiger partial charge is 0.475 e. The standard InChI is InChI=1S/C13H24N2O2.C2HF3O2/c1-9(2)4-5-15-7-10-6-11(13(16)14-3)12(8-15)17-10;3-2(4,5)1(6)7/h9-12H,4-8H2,1-3H3,(H,14,16);(H,6,7). The Labute approximate surface area is 139 Å². The van der Waals surface area contributed by atoms with Crippen LogP contribution in [0.3, 0.4) is 0 Å². The van der Waals surface area contributed by atoms with Gasteiger partial charge in [0.25, 0.3) is 0 Å². The molecule has 2 saturated heterocycles. The molecule has 3 atom stereocenters. The second-order valence-corrected chi connectivity index (χ2v) is 6.50. The Kier molecular flexibility index (Phi) is 7.47. The van der Waals surface area contributed by atoms with Crippen molar-refractivity contribution >= 4 is 11.9 Å². The van der Waals surface area contributed by atoms with Crippen LogP contribution in [0.4, 0.5) is 13.2 Å². The Morgan fingerprint density at radius 1 is 1.33 bits per heavy atom. The molecule has 3 unspecified atom stereocenters. The fraction of sp³-hybridized carbons (Fsp3) is 0.867. The summed E-state index contributed by atoms with van der Waals surface area (Å²) in [6.07, 6.45) is -2.59. The number of nitrogens with one attached hydrogen (secondary N) is 1. The van der Waals surface area contributed by atoms with Crippen LogP contribution in [-0.4, -0.2) is 66.9 Å². The molecule has 0 aromatic heterocycles. The normalized spacial score (nSPS) is 26.7. The molecule has 2 aliphatic rings. The van der Waals surface area contributed by atoms with Crippen LogP contribution in [0, 0.1) is 11.8 Å². The van der Waals surface area contributed by atoms with Crippen molar-refractivity contribution < 1.29 is 32.6 Å². The zero-order chi connectivity index (χ0) is 18.5. The van der Waals surface area contributed by atoms with E-state index >= 15 is 0 Å². The molecule has 0 aliphatic carbocycles. The first-order chi connectivity index (χ1) is 11.0. The summed E-state index contributed by atoms with van der Waals surface area (Å²) in [5.41, 5.74) is 0. The van der Waals surface area contributed by atoms with Crippen LogP contribution < -0.4 is 5.32 Å². The number of nitrogens with zero attached hydrogens (tertiary/aromatic N) is 1. The fourth-order valence-electron chi connectivity index (χ4n) is 2.82. The van der Waals surface area contributed by atoms with Gasteiger partial charge in [-0.25, -0.2) is 4.79 Å². The number of aliphatic carboxylic acids is 1. The maximum atomic E-state index is 11.7. The minimum Gasteiger partial charge on any atom is -0.475 e. The van der Waals surface area contributed by atoms with Crippen LogP contribution >= 0.6 is 0 Å². The molecule has 2 bridgehead atoms. The predicted molar refractivity (Wildman–Crippen MR) is 80.4 cm³/mol. The van der Waals surface area contributed by atoms with E-state index in [1.54, 1.807) is 7.05 Å². The van der Waals surface area contributed by atoms with E-state index < -0.39 is 12.1 Å². The van der Waals surface area contributed by atoms with Crippen LogP contribution in [0.15, 0.2) is 0 Å². The van der Waals surface area contributed by atoms with Gasteiger partial charge in [-0.2, -0.15) is 13.2 Å². The first-order valence-corrected chi connectivity index (χ1v) is 7.94. The van der Waals surface area contributed by atoms with Crippen LogP contribution in [0.25, 0.3) is 0 Å². The summed E-state index contributed by atoms with van der Waals surface area (Å²) in [6.45, 7) is 7.55. The molecule has 140 valence electrons. The molecule has 24 heavy (non-hydrogen) atoms. The second kappa shape index (κ2) is 8.66. The van der Waals surface area contributed by atoms with E-state index in [0.29, 0.717) is 0 Å². The third kappa shape index (κ3) is 6.27. The van der Waals surface area contributed by atoms with E-state index in [2.05, 4.69) is 24.1 Å². The average molecular weight is 354 g/mol. The molecular formula is C15H25F3N2O4. The maximum absolute atomic E-state index is 11.7. The summed E-state index contributed by atoms with van der Waals surface area (Å²) in [5, 5.41) is 9.87. The Morgan fingerprint density at radius 2 is 1.92 bits per heavy atom. The van der Waals surface area contributed by atoms with Crippen molar-refractivity contribution in [3.8, 4) is 0 Å². The van der Waals surface area contributed by atoms with Crippen molar-refractivity contribution in [2.24, 2.45) is 11.8 Å². The first-order valence-electron chi connectivity index (χ1n) is 7.94. The van der Waals surface area contributed by atoms with Gasteiger partial charge in [0.05, 0.1) is 18.1 Å². The molecule has 2 N–H and O–H groups in total. The lowest BCUT2D eigenvalue weighted by Crippen LogP contribution is -2.45. The number of ether oxygens (including phenoxy) is 1. The quantitative estimate of drug-likeness (QED) is 0.800. The highest BCUT2D eigenvalue weighted by molar-refractivity contribution is 5.79. The van der Waals surface area contributed by atoms with E-state index in [-0.39, 0.29) is 24.0 Å². The highest BCUT2D eigenvalue weighted by atomic mass is 19.4. The SMILES string of the molecule is CNC(=O)C1CC2CN(CCC(C)C)CC1O2.O=C(O)C(F)(F)F. The number of alkyl halides is 3. The third-order valence-corrected chi connectivity index (χ3v) is 4.08. The summed E-state index contributed by atoms with van der Waals surface area (Å²) >= 11 is 0. The third-order valence-electron chi connectivity index (χ3n) is 4.08. The molecule has 0 aromatic carbocycles. The monoisotopic (exact) mass is 354 g/mol. The lowest BCUT2D eigenvalue weighted by atomic mass is 10.00. The minimum absolute atomic E-state index is 0.0639. The number of likely N-dealkylation sites (tertiary alicyclic amines) is 1. The number of halogens is 3. The molecule has 0 spiro atoms. The van der Waals surface area contributed by atoms with Gasteiger partial charge in [-0.1, -0.05) is 13.8 Å². The summed E-state index contributed by atoms with van der Waals surface area (Å²) in [6, 6.07) is 0. The van der Waals surface area contributed by atoms with Crippen LogP contribution in [0.2, 0.25) is 0 Å². The van der Waals surface area contributed by atoms with Gasteiger partial charge < -0.3 is 15.2 Å². The average Bonchev–Trinajstić information content (AvgIpc) is 2.78. The number of morpholine rings is 1. The Bertz CT molecular complexity index is 443. The van der Waals surface area contributed by atoms with Gasteiger partial charge in [-0.3, -0.25) is 9.69 Å². The van der Waals surface area contributed by atoms with Gasteiger partial charge >= 0.3 is 12.1 Å². The first kappa shape index (κ1) is 20.7. The van der Waals surface area contributed by atoms with Gasteiger partial charge in [0.2, 0.25) is 5.91 Å². The zero-order valence-corrected chi connectivity index (χ0v) is 14.1. The molecule has 1 amide bonds. The van der Waals surface area contributed by atoms with E-state index in [9.17, 15) is 18.0 Å². The fourth-order valence-corrected chi connectivity index (χ4v) is 2.82. The summed E-state index contributed by atoms with van der Waals surface area (Å²) in [7, 11) is 1.71. The number of rotatable bonds is 4. The molecule has 2 fully saturated rings. The van der Waals surface area contributed by atoms with Gasteiger partial charge in [-0.05, 0) is 25.3 Å². The van der Waals surface area contributed by atoms with Crippen molar-refractivity contribution in [1.29, 1.82) is 0 Å². The topological polar surface area (TPSA) is 78.9 Å². The van der Waals surface area contributed by atoms with Gasteiger partial charge in [0, 0.05) is 20.1 Å². The molecule has 0 aromatic rings. The van der Waals surface area contributed by atoms with Crippen LogP contribution in [-0.2, 0) is 14.3 Å². The highest BCUT2D eigenvalue weighted by Gasteiger charge is 2.44. The van der Waals surface area contributed by atoms with E-state index in [4.69, 9.17) is 14.6 Å². The van der Waals surface area contributed by atoms with Crippen molar-refractivity contribution in [3.05, 3.63) is 0 Å². The number of carboxylic acid groups (broad SMARTS) is 1. The summed E-state index contributed by atoms with van der Waals surface area (Å²) in [5.74, 6) is -1.81. The molecule has 9 heteroatoms. The molecule has 0 radical (unpaired) electrons. The van der Waals surface area contributed by atoms with Crippen LogP contribution in [0.5, 0.6) is 0 Å². The highest BCUT2D eigenvalue weighted by Crippen LogP contribution is 2.32. The number of carbonyl (C=O) groups is 2. The predicted octanol–water partition coefficient (Wildman–Crippen LogP) is 1.50. The number of hydrogen-bond acceptors (Lipinski definition) is 4. The van der Waals surface area contributed by atoms with Gasteiger partial charge in [0.1, 0.15) is 0 Å². The largest absolute Gasteiger partial charge is 0.490 e. The number of carbonyl (C=O) groups excluding carboxylic acids is 1. The molecule has 6 nitrogen and oxygen atoms in total. The molecule has 0 saturated carbocycles. The van der Waals surface area contributed by atoms with Gasteiger partial charge in [-0.15, -0.1) is 0 Å². The molecule has 2 rings (SSSR count). The second-order valence-electron chi connectivity index (χ2n) is 6.50. The Hall–Kier alpha value is -1.35. The lowest BCUT2D eigenvalue weighted by molar-refractivity contribution is -0.192. The number of amides is 1. The Morgan fingerprint density at radius 3 is 2.38 bits per heavy atom. The minimum atomic E-state index is -5.08. The number of fused-ring (bicyclic) bond motifs is 2. The van der Waals surface area contributed by atoms with E-state index in [0.717, 1.165) is 32.0 Å². The van der Waals surface area contributed by atoms with E-state index in [1.165, 1.54) is 6.42 Å². The van der Waals surface area contributed by atoms with Crippen molar-refractivity contribution in [1.82, 2.24) is 10.2 Å². The molecule has 2 aliphatic heterocycles. The lowest BCUT2D eigenvalue weighted by Gasteiger charge is -2.33. The number of carboxylic acids is 1. The molecular weight excluding hydrogens is 329 g/mol. The van der Waals surface area contributed by atoms with Crippen LogP contribution in [0.1, 0.15) is 26.7 Å². The van der Waals surface area contributed by atoms with Crippen molar-refractivity contribution in [2.75, 3.05) is 26.7 Å². The van der Waals surface area contributed by atoms with Gasteiger partial charge in [0.15, 0.2) is 0 Å². The van der Waals surface area contributed by atoms with Crippen molar-refractivity contribution in [2.45, 2.75) is 45.1 Å². The number of hydrogen-bond donors (Lipinski definition) is 2. The summed E-state index contributed by atoms with van der Waals surface area (Å²) < 4.78 is 37.6. The summed E-state index contributed by atoms with van der Waals surface area (Å²) in [4.78, 5) is 23.1. The van der Waals surface area contributed by atoms with Crippen molar-refractivity contribution in [3.63, 3.8) is 0 Å². The van der Waals surface area contributed by atoms with E-state index in [1.807, 2.05) is 0 Å². The zero-order valence-electron chi connectivity index (χ0n) is 14.1.